The van der Waals surface area contributed by atoms with Gasteiger partial charge in [0.2, 0.25) is 6.20 Å². The Kier molecular flexibility index (Phi) is 9.18. The summed E-state index contributed by atoms with van der Waals surface area (Å²) >= 11 is 0. The molecule has 0 radical (unpaired) electrons. The molecule has 2 heterocycles. The Morgan fingerprint density at radius 1 is 1.23 bits per heavy atom. The molecule has 3 rings (SSSR count). The molecule has 0 atom stereocenters. The zero-order valence-electron chi connectivity index (χ0n) is 15.4. The Balaban J connectivity index is 0.000000290. The molecule has 26 heavy (non-hydrogen) atoms. The van der Waals surface area contributed by atoms with E-state index in [2.05, 4.69) is 43.5 Å². The summed E-state index contributed by atoms with van der Waals surface area (Å²) in [6.45, 7) is 6.21. The summed E-state index contributed by atoms with van der Waals surface area (Å²) < 4.78 is 5.67. The van der Waals surface area contributed by atoms with Crippen LogP contribution in [0.1, 0.15) is 37.0 Å². The fourth-order valence-corrected chi connectivity index (χ4v) is 1.82. The van der Waals surface area contributed by atoms with Crippen molar-refractivity contribution >= 4 is 11.6 Å². The average molecular weight is 377 g/mol. The molecule has 2 N–H and O–H groups in total. The van der Waals surface area contributed by atoms with E-state index in [1.54, 1.807) is 42.5 Å². The van der Waals surface area contributed by atoms with Crippen LogP contribution in [0.4, 0.5) is 5.69 Å². The van der Waals surface area contributed by atoms with Crippen molar-refractivity contribution in [2.75, 3.05) is 5.32 Å². The zero-order chi connectivity index (χ0) is 18.3. The predicted octanol–water partition coefficient (Wildman–Crippen LogP) is 0.0402. The Morgan fingerprint density at radius 2 is 1.92 bits per heavy atom. The van der Waals surface area contributed by atoms with Gasteiger partial charge < -0.3 is 9.84 Å². The number of pyridine rings is 1. The number of hydrogen-bond acceptors (Lipinski definition) is 4. The third-order valence-electron chi connectivity index (χ3n) is 3.18. The van der Waals surface area contributed by atoms with Crippen LogP contribution in [-0.4, -0.2) is 16.3 Å². The van der Waals surface area contributed by atoms with Crippen LogP contribution in [0.15, 0.2) is 59.3 Å². The van der Waals surface area contributed by atoms with Crippen LogP contribution in [0.3, 0.4) is 0 Å². The molecule has 2 aromatic heterocycles. The van der Waals surface area contributed by atoms with Gasteiger partial charge in [0.05, 0.1) is 0 Å². The summed E-state index contributed by atoms with van der Waals surface area (Å²) in [6, 6.07) is 16.3. The Hall–Kier alpha value is -1.51. The minimum Gasteiger partial charge on any atom is -0.470 e. The normalized spacial score (nSPS) is 10.1. The smallest absolute Gasteiger partial charge is 0.470 e. The molecule has 0 fully saturated rings. The van der Waals surface area contributed by atoms with Crippen molar-refractivity contribution in [3.05, 3.63) is 78.4 Å². The van der Waals surface area contributed by atoms with Crippen molar-refractivity contribution < 1.29 is 70.6 Å². The summed E-state index contributed by atoms with van der Waals surface area (Å²) in [5.41, 5.74) is 0.899. The van der Waals surface area contributed by atoms with E-state index in [1.165, 1.54) is 12.3 Å². The van der Waals surface area contributed by atoms with Crippen LogP contribution < -0.4 is 61.4 Å². The first-order valence-corrected chi connectivity index (χ1v) is 7.68. The maximum Gasteiger partial charge on any atom is 1.00 e. The maximum absolute atomic E-state index is 11.7. The molecule has 0 aliphatic carbocycles. The number of hydrogen-bond donors (Lipinski definition) is 2. The molecule has 0 unspecified atom stereocenters. The number of amides is 1. The second kappa shape index (κ2) is 10.6. The third-order valence-corrected chi connectivity index (χ3v) is 3.18. The van der Waals surface area contributed by atoms with Crippen LogP contribution in [0, 0.1) is 12.3 Å². The molecule has 0 saturated carbocycles. The van der Waals surface area contributed by atoms with E-state index in [4.69, 9.17) is 4.52 Å². The van der Waals surface area contributed by atoms with E-state index in [-0.39, 0.29) is 68.4 Å². The van der Waals surface area contributed by atoms with Gasteiger partial charge in [-0.3, -0.25) is 10.0 Å². The monoisotopic (exact) mass is 377 g/mol. The van der Waals surface area contributed by atoms with Crippen molar-refractivity contribution in [3.63, 3.8) is 0 Å². The average Bonchev–Trinajstić information content (AvgIpc) is 3.11. The van der Waals surface area contributed by atoms with Crippen molar-refractivity contribution in [2.45, 2.75) is 26.2 Å². The van der Waals surface area contributed by atoms with Gasteiger partial charge in [0.15, 0.2) is 0 Å². The van der Waals surface area contributed by atoms with Gasteiger partial charge >= 0.3 is 63.0 Å². The third kappa shape index (κ3) is 7.01. The largest absolute Gasteiger partial charge is 1.00 e. The van der Waals surface area contributed by atoms with Crippen LogP contribution in [0.25, 0.3) is 0 Å². The quantitative estimate of drug-likeness (QED) is 0.286. The SMILES string of the molecule is CC(C)(C)c1c[c-]no1.O=C(Nc1cc[c-]cc1)c1cccc[n+]1O.[K+]. The van der Waals surface area contributed by atoms with Crippen molar-refractivity contribution in [1.82, 2.24) is 5.16 Å². The molecule has 0 aliphatic heterocycles. The zero-order valence-corrected chi connectivity index (χ0v) is 18.5. The standard InChI is InChI=1S/C12H10N2O2.C7H10NO.K/c15-12(11-8-4-5-9-14(11)16)13-10-6-2-1-3-7-10;1-7(2,3)6-4-5-8-9-6;/h2-9,16H,(H,13,15);4H,1-3H3;/q;-1;+1. The second-order valence-electron chi connectivity index (χ2n) is 6.24. The number of aromatic nitrogens is 2. The second-order valence-corrected chi connectivity index (χ2v) is 6.24. The van der Waals surface area contributed by atoms with Crippen LogP contribution in [0.2, 0.25) is 0 Å². The van der Waals surface area contributed by atoms with E-state index in [0.29, 0.717) is 5.69 Å². The van der Waals surface area contributed by atoms with Crippen LogP contribution in [0.5, 0.6) is 0 Å². The summed E-state index contributed by atoms with van der Waals surface area (Å²) in [7, 11) is 0. The van der Waals surface area contributed by atoms with E-state index in [1.807, 2.05) is 0 Å². The minimum absolute atomic E-state index is 0. The molecule has 0 aliphatic rings. The molecule has 3 aromatic rings. The van der Waals surface area contributed by atoms with Gasteiger partial charge in [-0.2, -0.15) is 24.3 Å². The van der Waals surface area contributed by atoms with Gasteiger partial charge in [-0.1, -0.05) is 26.5 Å². The molecule has 1 aromatic carbocycles. The Morgan fingerprint density at radius 3 is 2.42 bits per heavy atom. The maximum atomic E-state index is 11.7. The molecule has 1 amide bonds. The molecule has 0 spiro atoms. The predicted molar refractivity (Wildman–Crippen MR) is 91.1 cm³/mol. The van der Waals surface area contributed by atoms with Gasteiger partial charge in [-0.05, 0) is 17.2 Å². The van der Waals surface area contributed by atoms with Gasteiger partial charge in [-0.15, -0.1) is 18.3 Å². The van der Waals surface area contributed by atoms with Gasteiger partial charge in [0.25, 0.3) is 0 Å². The van der Waals surface area contributed by atoms with Crippen LogP contribution in [-0.2, 0) is 5.41 Å². The number of anilines is 1. The molecule has 0 bridgehead atoms. The van der Waals surface area contributed by atoms with Crippen molar-refractivity contribution in [3.8, 4) is 0 Å². The number of benzene rings is 1. The summed E-state index contributed by atoms with van der Waals surface area (Å²) in [5, 5.41) is 15.6. The van der Waals surface area contributed by atoms with Crippen molar-refractivity contribution in [2.24, 2.45) is 0 Å². The van der Waals surface area contributed by atoms with Gasteiger partial charge in [0.1, 0.15) is 0 Å². The number of carbonyl (C=O) groups is 1. The van der Waals surface area contributed by atoms with Crippen molar-refractivity contribution in [1.29, 1.82) is 0 Å². The van der Waals surface area contributed by atoms with Crippen LogP contribution >= 0.6 is 0 Å². The van der Waals surface area contributed by atoms with E-state index >= 15 is 0 Å². The Labute approximate surface area is 195 Å². The molecule has 130 valence electrons. The fourth-order valence-electron chi connectivity index (χ4n) is 1.82. The molecular formula is C19H20KN3O3. The Bertz CT molecular complexity index is 800. The number of rotatable bonds is 2. The van der Waals surface area contributed by atoms with E-state index in [0.717, 1.165) is 10.5 Å². The first kappa shape index (κ1) is 22.5. The minimum atomic E-state index is -0.366. The summed E-state index contributed by atoms with van der Waals surface area (Å²) in [6.07, 6.45) is 4.02. The van der Waals surface area contributed by atoms with E-state index < -0.39 is 0 Å². The number of nitrogens with zero attached hydrogens (tertiary/aromatic N) is 2. The fraction of sp³-hybridized carbons (Fsp3) is 0.211. The topological polar surface area (TPSA) is 79.2 Å². The first-order valence-electron chi connectivity index (χ1n) is 7.68. The molecular weight excluding hydrogens is 357 g/mol. The summed E-state index contributed by atoms with van der Waals surface area (Å²) in [5.74, 6) is 0.511. The van der Waals surface area contributed by atoms with Gasteiger partial charge in [-0.25, -0.2) is 5.16 Å². The number of nitrogens with one attached hydrogen (secondary N) is 1. The molecule has 6 nitrogen and oxygen atoms in total. The van der Waals surface area contributed by atoms with Gasteiger partial charge in [0, 0.05) is 16.9 Å². The summed E-state index contributed by atoms with van der Waals surface area (Å²) in [4.78, 5) is 11.7. The first-order chi connectivity index (χ1) is 11.9. The molecule has 0 saturated heterocycles. The molecule has 7 heteroatoms. The van der Waals surface area contributed by atoms with E-state index in [9.17, 15) is 10.0 Å². The number of carbonyl (C=O) groups excluding carboxylic acids is 1.